The van der Waals surface area contributed by atoms with Gasteiger partial charge in [-0.25, -0.2) is 9.97 Å². The minimum absolute atomic E-state index is 0.0236. The summed E-state index contributed by atoms with van der Waals surface area (Å²) in [7, 11) is 0. The predicted molar refractivity (Wildman–Crippen MR) is 97.0 cm³/mol. The molecule has 120 valence electrons. The van der Waals surface area contributed by atoms with Crippen molar-refractivity contribution in [1.82, 2.24) is 9.97 Å². The van der Waals surface area contributed by atoms with Crippen LogP contribution in [0.5, 0.6) is 0 Å². The van der Waals surface area contributed by atoms with Crippen LogP contribution in [0.15, 0.2) is 71.9 Å². The van der Waals surface area contributed by atoms with E-state index >= 15 is 0 Å². The van der Waals surface area contributed by atoms with Gasteiger partial charge in [0, 0.05) is 17.3 Å². The zero-order chi connectivity index (χ0) is 16.9. The van der Waals surface area contributed by atoms with Gasteiger partial charge in [0.1, 0.15) is 11.1 Å². The summed E-state index contributed by atoms with van der Waals surface area (Å²) in [4.78, 5) is 21.7. The summed E-state index contributed by atoms with van der Waals surface area (Å²) in [5.74, 6) is 0.430. The van der Waals surface area contributed by atoms with E-state index in [1.807, 2.05) is 67.6 Å². The average molecular weight is 335 g/mol. The molecule has 5 heteroatoms. The monoisotopic (exact) mass is 335 g/mol. The third kappa shape index (κ3) is 3.81. The molecule has 4 nitrogen and oxygen atoms in total. The largest absolute Gasteiger partial charge is 0.384 e. The lowest BCUT2D eigenvalue weighted by Crippen LogP contribution is -2.11. The van der Waals surface area contributed by atoms with Gasteiger partial charge in [0.05, 0.1) is 0 Å². The van der Waals surface area contributed by atoms with Crippen LogP contribution in [-0.4, -0.2) is 15.8 Å². The molecule has 3 rings (SSSR count). The second-order valence-electron chi connectivity index (χ2n) is 5.36. The van der Waals surface area contributed by atoms with Gasteiger partial charge in [-0.2, -0.15) is 0 Å². The first-order chi connectivity index (χ1) is 11.6. The first-order valence-electron chi connectivity index (χ1n) is 7.55. The van der Waals surface area contributed by atoms with Crippen LogP contribution in [0.3, 0.4) is 0 Å². The van der Waals surface area contributed by atoms with Gasteiger partial charge in [-0.15, -0.1) is 0 Å². The lowest BCUT2D eigenvalue weighted by atomic mass is 10.0. The van der Waals surface area contributed by atoms with Gasteiger partial charge in [-0.1, -0.05) is 72.4 Å². The highest BCUT2D eigenvalue weighted by atomic mass is 32.2. The van der Waals surface area contributed by atoms with E-state index in [0.29, 0.717) is 16.5 Å². The molecule has 0 aliphatic carbocycles. The number of carbonyl (C=O) groups is 1. The van der Waals surface area contributed by atoms with Crippen LogP contribution in [0, 0.1) is 6.92 Å². The van der Waals surface area contributed by atoms with Gasteiger partial charge in [-0.3, -0.25) is 4.79 Å². The SMILES string of the molecule is Cc1cc(N)nc(S[C@H](C(=O)c2ccccc2)c2ccccc2)n1. The van der Waals surface area contributed by atoms with Crippen molar-refractivity contribution in [2.75, 3.05) is 5.73 Å². The van der Waals surface area contributed by atoms with Crippen LogP contribution in [0.4, 0.5) is 5.82 Å². The molecule has 1 aromatic heterocycles. The summed E-state index contributed by atoms with van der Waals surface area (Å²) in [6, 6.07) is 20.6. The van der Waals surface area contributed by atoms with Crippen molar-refractivity contribution < 1.29 is 4.79 Å². The molecule has 24 heavy (non-hydrogen) atoms. The fourth-order valence-corrected chi connectivity index (χ4v) is 3.48. The third-order valence-corrected chi connectivity index (χ3v) is 4.59. The number of Topliss-reactive ketones (excluding diaryl/α,β-unsaturated/α-hetero) is 1. The quantitative estimate of drug-likeness (QED) is 0.432. The molecule has 0 bridgehead atoms. The molecule has 0 amide bonds. The van der Waals surface area contributed by atoms with Gasteiger partial charge < -0.3 is 5.73 Å². The lowest BCUT2D eigenvalue weighted by Gasteiger charge is -2.15. The molecule has 1 heterocycles. The Morgan fingerprint density at radius 1 is 1.00 bits per heavy atom. The Morgan fingerprint density at radius 3 is 2.25 bits per heavy atom. The molecule has 0 fully saturated rings. The zero-order valence-electron chi connectivity index (χ0n) is 13.2. The maximum atomic E-state index is 13.0. The Labute approximate surface area is 145 Å². The van der Waals surface area contributed by atoms with Gasteiger partial charge in [0.15, 0.2) is 10.9 Å². The molecule has 0 spiro atoms. The summed E-state index contributed by atoms with van der Waals surface area (Å²) in [6.07, 6.45) is 0. The molecule has 0 saturated heterocycles. The van der Waals surface area contributed by atoms with Crippen LogP contribution in [-0.2, 0) is 0 Å². The number of nitrogen functional groups attached to an aromatic ring is 1. The fourth-order valence-electron chi connectivity index (χ4n) is 2.38. The number of nitrogens with two attached hydrogens (primary N) is 1. The normalized spacial score (nSPS) is 11.9. The second kappa shape index (κ2) is 7.27. The van der Waals surface area contributed by atoms with Gasteiger partial charge >= 0.3 is 0 Å². The minimum atomic E-state index is -0.421. The van der Waals surface area contributed by atoms with Crippen molar-refractivity contribution in [3.8, 4) is 0 Å². The van der Waals surface area contributed by atoms with E-state index in [2.05, 4.69) is 9.97 Å². The molecule has 2 aromatic carbocycles. The highest BCUT2D eigenvalue weighted by Gasteiger charge is 2.24. The van der Waals surface area contributed by atoms with Gasteiger partial charge in [0.25, 0.3) is 0 Å². The highest BCUT2D eigenvalue weighted by molar-refractivity contribution is 8.00. The zero-order valence-corrected chi connectivity index (χ0v) is 14.0. The first-order valence-corrected chi connectivity index (χ1v) is 8.43. The molecular formula is C19H17N3OS. The topological polar surface area (TPSA) is 68.9 Å². The number of nitrogens with zero attached hydrogens (tertiary/aromatic N) is 2. The number of carbonyl (C=O) groups excluding carboxylic acids is 1. The highest BCUT2D eigenvalue weighted by Crippen LogP contribution is 2.36. The van der Waals surface area contributed by atoms with Gasteiger partial charge in [-0.05, 0) is 12.5 Å². The van der Waals surface area contributed by atoms with Crippen molar-refractivity contribution >= 4 is 23.4 Å². The number of aryl methyl sites for hydroxylation is 1. The molecular weight excluding hydrogens is 318 g/mol. The van der Waals surface area contributed by atoms with Gasteiger partial charge in [0.2, 0.25) is 0 Å². The summed E-state index contributed by atoms with van der Waals surface area (Å²) >= 11 is 1.32. The number of hydrogen-bond acceptors (Lipinski definition) is 5. The second-order valence-corrected chi connectivity index (χ2v) is 6.43. The molecule has 2 N–H and O–H groups in total. The standard InChI is InChI=1S/C19H17N3OS/c1-13-12-16(20)22-19(21-13)24-18(15-10-6-3-7-11-15)17(23)14-8-4-2-5-9-14/h2-12,18H,1H3,(H2,20,21,22)/t18-/m0/s1. The van der Waals surface area contributed by atoms with E-state index in [-0.39, 0.29) is 5.78 Å². The van der Waals surface area contributed by atoms with Crippen LogP contribution < -0.4 is 5.73 Å². The number of ketones is 1. The smallest absolute Gasteiger partial charge is 0.190 e. The van der Waals surface area contributed by atoms with E-state index in [1.165, 1.54) is 11.8 Å². The van der Waals surface area contributed by atoms with E-state index in [1.54, 1.807) is 6.07 Å². The van der Waals surface area contributed by atoms with Crippen molar-refractivity contribution in [2.45, 2.75) is 17.3 Å². The molecule has 0 saturated carbocycles. The number of anilines is 1. The molecule has 0 aliphatic rings. The van der Waals surface area contributed by atoms with E-state index < -0.39 is 5.25 Å². The molecule has 1 atom stereocenters. The van der Waals surface area contributed by atoms with Crippen LogP contribution >= 0.6 is 11.8 Å². The minimum Gasteiger partial charge on any atom is -0.384 e. The van der Waals surface area contributed by atoms with Crippen molar-refractivity contribution in [3.05, 3.63) is 83.6 Å². The fraction of sp³-hybridized carbons (Fsp3) is 0.105. The summed E-state index contributed by atoms with van der Waals surface area (Å²) in [6.45, 7) is 1.86. The summed E-state index contributed by atoms with van der Waals surface area (Å²) < 4.78 is 0. The number of thioether (sulfide) groups is 1. The Kier molecular flexibility index (Phi) is 4.91. The van der Waals surface area contributed by atoms with Crippen molar-refractivity contribution in [3.63, 3.8) is 0 Å². The Morgan fingerprint density at radius 2 is 1.62 bits per heavy atom. The number of hydrogen-bond donors (Lipinski definition) is 1. The number of rotatable bonds is 5. The predicted octanol–water partition coefficient (Wildman–Crippen LogP) is 4.08. The van der Waals surface area contributed by atoms with E-state index in [9.17, 15) is 4.79 Å². The Hall–Kier alpha value is -2.66. The average Bonchev–Trinajstić information content (AvgIpc) is 2.60. The lowest BCUT2D eigenvalue weighted by molar-refractivity contribution is 0.0989. The van der Waals surface area contributed by atoms with Crippen LogP contribution in [0.1, 0.15) is 26.9 Å². The number of aromatic nitrogens is 2. The van der Waals surface area contributed by atoms with Crippen molar-refractivity contribution in [2.24, 2.45) is 0 Å². The summed E-state index contributed by atoms with van der Waals surface area (Å²) in [5, 5.41) is 0.0837. The van der Waals surface area contributed by atoms with E-state index in [0.717, 1.165) is 11.3 Å². The van der Waals surface area contributed by atoms with Crippen LogP contribution in [0.25, 0.3) is 0 Å². The Bertz CT molecular complexity index is 817. The Balaban J connectivity index is 1.98. The maximum absolute atomic E-state index is 13.0. The molecule has 0 aliphatic heterocycles. The molecule has 3 aromatic rings. The molecule has 0 unspecified atom stereocenters. The third-order valence-electron chi connectivity index (χ3n) is 3.48. The number of benzene rings is 2. The molecule has 0 radical (unpaired) electrons. The first kappa shape index (κ1) is 16.2. The van der Waals surface area contributed by atoms with E-state index in [4.69, 9.17) is 5.73 Å². The van der Waals surface area contributed by atoms with Crippen LogP contribution in [0.2, 0.25) is 0 Å². The maximum Gasteiger partial charge on any atom is 0.190 e. The summed E-state index contributed by atoms with van der Waals surface area (Å²) in [5.41, 5.74) is 8.18. The van der Waals surface area contributed by atoms with Crippen molar-refractivity contribution in [1.29, 1.82) is 0 Å².